The predicted octanol–water partition coefficient (Wildman–Crippen LogP) is 0.732. The molecule has 0 aliphatic carbocycles. The minimum absolute atomic E-state index is 0.0281. The first kappa shape index (κ1) is 15.2. The Bertz CT molecular complexity index is 639. The predicted molar refractivity (Wildman–Crippen MR) is 79.4 cm³/mol. The zero-order valence-electron chi connectivity index (χ0n) is 11.7. The fourth-order valence-corrected chi connectivity index (χ4v) is 2.44. The van der Waals surface area contributed by atoms with Crippen molar-refractivity contribution in [1.82, 2.24) is 19.9 Å². The molecule has 110 valence electrons. The summed E-state index contributed by atoms with van der Waals surface area (Å²) >= 11 is 1.54. The highest BCUT2D eigenvalue weighted by Gasteiger charge is 2.11. The minimum Gasteiger partial charge on any atom is -0.395 e. The van der Waals surface area contributed by atoms with Gasteiger partial charge in [-0.2, -0.15) is 0 Å². The van der Waals surface area contributed by atoms with Crippen LogP contribution in [0.15, 0.2) is 23.8 Å². The van der Waals surface area contributed by atoms with Gasteiger partial charge in [-0.1, -0.05) is 17.1 Å². The Labute approximate surface area is 127 Å². The molecule has 0 radical (unpaired) electrons. The van der Waals surface area contributed by atoms with E-state index in [1.165, 1.54) is 16.0 Å². The molecule has 0 aromatic carbocycles. The Hall–Kier alpha value is -2.17. The van der Waals surface area contributed by atoms with Crippen molar-refractivity contribution in [2.24, 2.45) is 0 Å². The van der Waals surface area contributed by atoms with Crippen molar-refractivity contribution in [3.05, 3.63) is 34.3 Å². The van der Waals surface area contributed by atoms with E-state index in [9.17, 15) is 4.79 Å². The summed E-state index contributed by atoms with van der Waals surface area (Å²) in [6.07, 6.45) is 3.68. The minimum atomic E-state index is -0.0281. The molecular formula is C14H16N4O2S. The van der Waals surface area contributed by atoms with Crippen LogP contribution in [0.25, 0.3) is 0 Å². The zero-order valence-corrected chi connectivity index (χ0v) is 12.5. The molecule has 1 amide bonds. The fraction of sp³-hybridized carbons (Fsp3) is 0.357. The summed E-state index contributed by atoms with van der Waals surface area (Å²) in [5, 5.41) is 18.1. The van der Waals surface area contributed by atoms with E-state index in [1.54, 1.807) is 24.3 Å². The molecule has 0 aliphatic rings. The molecule has 0 bridgehead atoms. The van der Waals surface area contributed by atoms with Gasteiger partial charge in [-0.3, -0.25) is 4.79 Å². The van der Waals surface area contributed by atoms with Crippen LogP contribution in [0.5, 0.6) is 0 Å². The number of thiophene rings is 1. The summed E-state index contributed by atoms with van der Waals surface area (Å²) < 4.78 is 1.50. The molecule has 0 fully saturated rings. The highest BCUT2D eigenvalue weighted by molar-refractivity contribution is 7.10. The molecule has 0 spiro atoms. The first-order valence-electron chi connectivity index (χ1n) is 6.44. The Kier molecular flexibility index (Phi) is 5.49. The lowest BCUT2D eigenvalue weighted by atomic mass is 10.3. The maximum atomic E-state index is 12.0. The van der Waals surface area contributed by atoms with Crippen molar-refractivity contribution in [2.45, 2.75) is 19.5 Å². The van der Waals surface area contributed by atoms with Gasteiger partial charge in [-0.05, 0) is 17.0 Å². The molecule has 0 saturated carbocycles. The molecule has 2 aromatic rings. The van der Waals surface area contributed by atoms with Crippen molar-refractivity contribution < 1.29 is 9.90 Å². The molecule has 6 nitrogen and oxygen atoms in total. The second kappa shape index (κ2) is 7.57. The summed E-state index contributed by atoms with van der Waals surface area (Å²) in [4.78, 5) is 14.6. The molecule has 7 heteroatoms. The average Bonchev–Trinajstić information content (AvgIpc) is 3.11. The van der Waals surface area contributed by atoms with Gasteiger partial charge in [-0.25, -0.2) is 4.68 Å². The first-order chi connectivity index (χ1) is 10.2. The summed E-state index contributed by atoms with van der Waals surface area (Å²) in [5.74, 6) is 5.84. The van der Waals surface area contributed by atoms with E-state index in [2.05, 4.69) is 22.2 Å². The van der Waals surface area contributed by atoms with E-state index < -0.39 is 0 Å². The number of aliphatic hydroxyl groups excluding tert-OH is 1. The summed E-state index contributed by atoms with van der Waals surface area (Å²) in [6.45, 7) is 0.792. The van der Waals surface area contributed by atoms with Crippen molar-refractivity contribution in [2.75, 3.05) is 13.7 Å². The van der Waals surface area contributed by atoms with Crippen LogP contribution in [0.3, 0.4) is 0 Å². The van der Waals surface area contributed by atoms with Crippen LogP contribution in [0.4, 0.5) is 0 Å². The number of hydrogen-bond acceptors (Lipinski definition) is 5. The normalized spacial score (nSPS) is 10.0. The van der Waals surface area contributed by atoms with Crippen LogP contribution in [-0.2, 0) is 17.9 Å². The third kappa shape index (κ3) is 4.70. The standard InChI is InChI=1S/C14H16N4O2S/c1-17(14(20)10-18-6-5-15-16-18)9-12-8-13(21-11-12)4-2-3-7-19/h5-6,8,11,19H,3,7,9-10H2,1H3. The highest BCUT2D eigenvalue weighted by Crippen LogP contribution is 2.15. The van der Waals surface area contributed by atoms with Crippen LogP contribution >= 0.6 is 11.3 Å². The van der Waals surface area contributed by atoms with E-state index in [0.29, 0.717) is 13.0 Å². The number of rotatable bonds is 5. The van der Waals surface area contributed by atoms with Crippen molar-refractivity contribution in [3.63, 3.8) is 0 Å². The van der Waals surface area contributed by atoms with Crippen LogP contribution in [0.1, 0.15) is 16.9 Å². The third-order valence-electron chi connectivity index (χ3n) is 2.72. The monoisotopic (exact) mass is 304 g/mol. The summed E-state index contributed by atoms with van der Waals surface area (Å²) in [6, 6.07) is 1.97. The van der Waals surface area contributed by atoms with E-state index in [1.807, 2.05) is 11.4 Å². The van der Waals surface area contributed by atoms with Crippen LogP contribution in [0, 0.1) is 11.8 Å². The highest BCUT2D eigenvalue weighted by atomic mass is 32.1. The van der Waals surface area contributed by atoms with E-state index in [4.69, 9.17) is 5.11 Å². The molecule has 0 saturated heterocycles. The number of aliphatic hydroxyl groups is 1. The SMILES string of the molecule is CN(Cc1csc(C#CCCO)c1)C(=O)Cn1ccnn1. The Morgan fingerprint density at radius 3 is 3.14 bits per heavy atom. The Balaban J connectivity index is 1.89. The van der Waals surface area contributed by atoms with Gasteiger partial charge in [0, 0.05) is 26.2 Å². The number of carbonyl (C=O) groups is 1. The van der Waals surface area contributed by atoms with E-state index >= 15 is 0 Å². The van der Waals surface area contributed by atoms with Gasteiger partial charge in [0.25, 0.3) is 0 Å². The molecule has 21 heavy (non-hydrogen) atoms. The van der Waals surface area contributed by atoms with Gasteiger partial charge in [0.2, 0.25) is 5.91 Å². The second-order valence-corrected chi connectivity index (χ2v) is 5.36. The number of carbonyl (C=O) groups excluding carboxylic acids is 1. The van der Waals surface area contributed by atoms with Gasteiger partial charge in [0.15, 0.2) is 0 Å². The van der Waals surface area contributed by atoms with Crippen LogP contribution < -0.4 is 0 Å². The number of hydrogen-bond donors (Lipinski definition) is 1. The Morgan fingerprint density at radius 2 is 2.43 bits per heavy atom. The molecule has 0 aliphatic heterocycles. The second-order valence-electron chi connectivity index (χ2n) is 4.45. The van der Waals surface area contributed by atoms with Crippen molar-refractivity contribution in [1.29, 1.82) is 0 Å². The molecule has 0 unspecified atom stereocenters. The third-order valence-corrected chi connectivity index (χ3v) is 3.61. The summed E-state index contributed by atoms with van der Waals surface area (Å²) in [7, 11) is 1.76. The Morgan fingerprint density at radius 1 is 1.57 bits per heavy atom. The first-order valence-corrected chi connectivity index (χ1v) is 7.32. The number of aromatic nitrogens is 3. The molecule has 2 aromatic heterocycles. The van der Waals surface area contributed by atoms with Crippen molar-refractivity contribution >= 4 is 17.2 Å². The van der Waals surface area contributed by atoms with E-state index in [-0.39, 0.29) is 19.1 Å². The molecule has 0 atom stereocenters. The number of likely N-dealkylation sites (N-methyl/N-ethyl adjacent to an activating group) is 1. The quantitative estimate of drug-likeness (QED) is 0.827. The van der Waals surface area contributed by atoms with Gasteiger partial charge in [0.05, 0.1) is 17.7 Å². The zero-order chi connectivity index (χ0) is 15.1. The summed E-state index contributed by atoms with van der Waals surface area (Å²) in [5.41, 5.74) is 1.04. The molecular weight excluding hydrogens is 288 g/mol. The average molecular weight is 304 g/mol. The van der Waals surface area contributed by atoms with Crippen LogP contribution in [-0.4, -0.2) is 44.6 Å². The lowest BCUT2D eigenvalue weighted by Gasteiger charge is -2.16. The molecule has 2 heterocycles. The smallest absolute Gasteiger partial charge is 0.244 e. The maximum absolute atomic E-state index is 12.0. The number of amides is 1. The fourth-order valence-electron chi connectivity index (χ4n) is 1.67. The molecule has 1 N–H and O–H groups in total. The lowest BCUT2D eigenvalue weighted by Crippen LogP contribution is -2.29. The van der Waals surface area contributed by atoms with Gasteiger partial charge < -0.3 is 10.0 Å². The maximum Gasteiger partial charge on any atom is 0.244 e. The van der Waals surface area contributed by atoms with Gasteiger partial charge >= 0.3 is 0 Å². The van der Waals surface area contributed by atoms with Gasteiger partial charge in [0.1, 0.15) is 6.54 Å². The van der Waals surface area contributed by atoms with Gasteiger partial charge in [-0.15, -0.1) is 16.4 Å². The van der Waals surface area contributed by atoms with Crippen molar-refractivity contribution in [3.8, 4) is 11.8 Å². The topological polar surface area (TPSA) is 71.2 Å². The van der Waals surface area contributed by atoms with Crippen LogP contribution in [0.2, 0.25) is 0 Å². The van der Waals surface area contributed by atoms with E-state index in [0.717, 1.165) is 10.4 Å². The molecule has 2 rings (SSSR count). The lowest BCUT2D eigenvalue weighted by molar-refractivity contribution is -0.131. The number of nitrogens with zero attached hydrogens (tertiary/aromatic N) is 4. The largest absolute Gasteiger partial charge is 0.395 e.